The van der Waals surface area contributed by atoms with Gasteiger partial charge in [-0.1, -0.05) is 16.2 Å². The Labute approximate surface area is 266 Å². The van der Waals surface area contributed by atoms with Crippen molar-refractivity contribution in [1.29, 1.82) is 0 Å². The highest BCUT2D eigenvalue weighted by atomic mass is 32.3. The van der Waals surface area contributed by atoms with E-state index in [0.29, 0.717) is 51.4 Å². The molecule has 0 aliphatic heterocycles. The summed E-state index contributed by atoms with van der Waals surface area (Å²) in [6, 6.07) is 23.6. The van der Waals surface area contributed by atoms with Gasteiger partial charge in [-0.3, -0.25) is 4.55 Å². The third-order valence-corrected chi connectivity index (χ3v) is 5.93. The van der Waals surface area contributed by atoms with Crippen LogP contribution in [0.5, 0.6) is 46.0 Å². The van der Waals surface area contributed by atoms with Gasteiger partial charge in [0.15, 0.2) is 23.0 Å². The predicted molar refractivity (Wildman–Crippen MR) is 164 cm³/mol. The first-order valence-electron chi connectivity index (χ1n) is 13.4. The van der Waals surface area contributed by atoms with E-state index in [1.807, 2.05) is 0 Å². The molecule has 46 heavy (non-hydrogen) atoms. The van der Waals surface area contributed by atoms with E-state index in [-0.39, 0.29) is 32.2 Å². The smallest absolute Gasteiger partial charge is 0.424 e. The lowest BCUT2D eigenvalue weighted by atomic mass is 10.2. The second-order valence-electron chi connectivity index (χ2n) is 8.86. The van der Waals surface area contributed by atoms with E-state index in [2.05, 4.69) is 25.9 Å². The predicted octanol–water partition coefficient (Wildman–Crippen LogP) is 6.11. The van der Waals surface area contributed by atoms with Crippen molar-refractivity contribution in [1.82, 2.24) is 0 Å². The third kappa shape index (κ3) is 10.7. The number of hydrogen-bond donors (Lipinski definition) is 1. The molecule has 0 saturated carbocycles. The molecule has 0 bridgehead atoms. The largest absolute Gasteiger partial charge is 0.487 e. The molecule has 4 rings (SSSR count). The quantitative estimate of drug-likeness (QED) is 0.0465. The van der Waals surface area contributed by atoms with Crippen LogP contribution in [0.25, 0.3) is 0 Å². The highest BCUT2D eigenvalue weighted by molar-refractivity contribution is 7.80. The van der Waals surface area contributed by atoms with Crippen LogP contribution in [0.2, 0.25) is 0 Å². The molecular weight excluding hydrogens is 620 g/mol. The molecule has 0 heterocycles. The molecule has 238 valence electrons. The van der Waals surface area contributed by atoms with Gasteiger partial charge in [-0.2, -0.15) is 8.42 Å². The standard InChI is InChI=1S/C33H28O12S/c1-4-24-6-10-26(11-7-24)43-30-16-14-28(22-32(30)38-18-20-40-37-3)42-29-15-17-31(44-27-12-8-25(5-2)9-13-27)33(23-29)39-19-21-41-45-46(34,35)36/h1-2,6-17,22-23H,18-21H2,3H3,(H,34,35,36). The summed E-state index contributed by atoms with van der Waals surface area (Å²) in [4.78, 5) is 14.0. The average molecular weight is 649 g/mol. The lowest BCUT2D eigenvalue weighted by molar-refractivity contribution is -0.274. The second kappa shape index (κ2) is 16.7. The van der Waals surface area contributed by atoms with Gasteiger partial charge in [0, 0.05) is 23.3 Å². The first kappa shape index (κ1) is 33.6. The summed E-state index contributed by atoms with van der Waals surface area (Å²) in [5.41, 5.74) is 1.39. The second-order valence-corrected chi connectivity index (χ2v) is 9.86. The van der Waals surface area contributed by atoms with E-state index in [4.69, 9.17) is 46.0 Å². The fourth-order valence-electron chi connectivity index (χ4n) is 3.68. The first-order valence-corrected chi connectivity index (χ1v) is 14.8. The van der Waals surface area contributed by atoms with Gasteiger partial charge in [-0.15, -0.1) is 12.8 Å². The minimum Gasteiger partial charge on any atom is -0.487 e. The maximum Gasteiger partial charge on any atom is 0.424 e. The zero-order chi connectivity index (χ0) is 32.8. The van der Waals surface area contributed by atoms with E-state index in [1.54, 1.807) is 84.9 Å². The zero-order valence-corrected chi connectivity index (χ0v) is 25.2. The van der Waals surface area contributed by atoms with Crippen molar-refractivity contribution < 1.29 is 55.7 Å². The van der Waals surface area contributed by atoms with Crippen LogP contribution >= 0.6 is 0 Å². The molecular formula is C33H28O12S. The Kier molecular flexibility index (Phi) is 12.2. The maximum absolute atomic E-state index is 10.7. The van der Waals surface area contributed by atoms with Crippen molar-refractivity contribution in [2.24, 2.45) is 0 Å². The van der Waals surface area contributed by atoms with Crippen molar-refractivity contribution in [3.8, 4) is 70.7 Å². The van der Waals surface area contributed by atoms with Crippen LogP contribution in [0.1, 0.15) is 11.1 Å². The lowest BCUT2D eigenvalue weighted by Gasteiger charge is -2.16. The van der Waals surface area contributed by atoms with Gasteiger partial charge in [0.05, 0.1) is 7.11 Å². The molecule has 0 aliphatic rings. The molecule has 0 spiro atoms. The van der Waals surface area contributed by atoms with Gasteiger partial charge >= 0.3 is 10.4 Å². The fourth-order valence-corrected chi connectivity index (χ4v) is 3.87. The Balaban J connectivity index is 1.54. The minimum atomic E-state index is -4.78. The number of benzene rings is 4. The SMILES string of the molecule is C#Cc1ccc(Oc2ccc(Oc3ccc(Oc4ccc(C#C)cc4)c(OCCOOS(=O)(=O)O)c3)cc2OCCOOC)cc1. The molecule has 0 atom stereocenters. The van der Waals surface area contributed by atoms with Crippen LogP contribution in [-0.4, -0.2) is 46.5 Å². The van der Waals surface area contributed by atoms with Crippen molar-refractivity contribution in [2.45, 2.75) is 0 Å². The average Bonchev–Trinajstić information content (AvgIpc) is 3.05. The monoisotopic (exact) mass is 648 g/mol. The molecule has 0 unspecified atom stereocenters. The number of rotatable bonds is 17. The van der Waals surface area contributed by atoms with Crippen LogP contribution in [0, 0.1) is 24.7 Å². The van der Waals surface area contributed by atoms with E-state index in [9.17, 15) is 8.42 Å². The topological polar surface area (TPSA) is 137 Å². The van der Waals surface area contributed by atoms with E-state index in [0.717, 1.165) is 0 Å². The number of hydrogen-bond acceptors (Lipinski definition) is 11. The van der Waals surface area contributed by atoms with Gasteiger partial charge in [-0.05, 0) is 72.8 Å². The summed E-state index contributed by atoms with van der Waals surface area (Å²) >= 11 is 0. The Morgan fingerprint density at radius 2 is 1.02 bits per heavy atom. The molecule has 4 aromatic carbocycles. The van der Waals surface area contributed by atoms with Crippen LogP contribution in [0.4, 0.5) is 0 Å². The summed E-state index contributed by atoms with van der Waals surface area (Å²) in [5, 5.41) is 0. The van der Waals surface area contributed by atoms with Gasteiger partial charge < -0.3 is 23.7 Å². The Bertz CT molecular complexity index is 1770. The van der Waals surface area contributed by atoms with E-state index < -0.39 is 10.4 Å². The van der Waals surface area contributed by atoms with Gasteiger partial charge in [0.1, 0.15) is 49.4 Å². The normalized spacial score (nSPS) is 10.8. The highest BCUT2D eigenvalue weighted by Gasteiger charge is 2.14. The van der Waals surface area contributed by atoms with Crippen molar-refractivity contribution >= 4 is 10.4 Å². The fraction of sp³-hybridized carbons (Fsp3) is 0.152. The van der Waals surface area contributed by atoms with Crippen molar-refractivity contribution in [3.63, 3.8) is 0 Å². The summed E-state index contributed by atoms with van der Waals surface area (Å²) in [7, 11) is -3.38. The van der Waals surface area contributed by atoms with Gasteiger partial charge in [-0.25, -0.2) is 14.7 Å². The summed E-state index contributed by atoms with van der Waals surface area (Å²) in [6.07, 6.45) is 10.9. The Hall–Kier alpha value is -5.25. The molecule has 0 fully saturated rings. The molecule has 13 heteroatoms. The maximum atomic E-state index is 10.7. The van der Waals surface area contributed by atoms with Crippen LogP contribution in [-0.2, 0) is 29.4 Å². The minimum absolute atomic E-state index is 0.152. The molecule has 0 aliphatic carbocycles. The summed E-state index contributed by atoms with van der Waals surface area (Å²) < 4.78 is 63.7. The number of terminal acetylenes is 2. The Morgan fingerprint density at radius 3 is 1.43 bits per heavy atom. The molecule has 12 nitrogen and oxygen atoms in total. The molecule has 1 N–H and O–H groups in total. The van der Waals surface area contributed by atoms with Crippen LogP contribution in [0.15, 0.2) is 84.9 Å². The van der Waals surface area contributed by atoms with Crippen molar-refractivity contribution in [2.75, 3.05) is 33.5 Å². The summed E-state index contributed by atoms with van der Waals surface area (Å²) in [6.45, 7) is -0.216. The van der Waals surface area contributed by atoms with Crippen molar-refractivity contribution in [3.05, 3.63) is 96.1 Å². The molecule has 0 amide bonds. The third-order valence-electron chi connectivity index (χ3n) is 5.66. The van der Waals surface area contributed by atoms with E-state index in [1.165, 1.54) is 7.11 Å². The molecule has 4 aromatic rings. The molecule has 0 saturated heterocycles. The summed E-state index contributed by atoms with van der Waals surface area (Å²) in [5.74, 6) is 8.16. The van der Waals surface area contributed by atoms with Crippen LogP contribution in [0.3, 0.4) is 0 Å². The first-order chi connectivity index (χ1) is 22.3. The van der Waals surface area contributed by atoms with Gasteiger partial charge in [0.2, 0.25) is 0 Å². The number of ether oxygens (including phenoxy) is 5. The molecule has 0 radical (unpaired) electrons. The Morgan fingerprint density at radius 1 is 0.587 bits per heavy atom. The lowest BCUT2D eigenvalue weighted by Crippen LogP contribution is -2.11. The van der Waals surface area contributed by atoms with E-state index >= 15 is 0 Å². The molecule has 0 aromatic heterocycles. The zero-order valence-electron chi connectivity index (χ0n) is 24.4. The highest BCUT2D eigenvalue weighted by Crippen LogP contribution is 2.39. The van der Waals surface area contributed by atoms with Gasteiger partial charge in [0.25, 0.3) is 0 Å². The van der Waals surface area contributed by atoms with Crippen LogP contribution < -0.4 is 23.7 Å².